The van der Waals surface area contributed by atoms with Crippen LogP contribution in [0.4, 0.5) is 10.1 Å². The fourth-order valence-electron chi connectivity index (χ4n) is 4.00. The molecule has 1 aromatic carbocycles. The molecular weight excluding hydrogens is 251 g/mol. The molecule has 2 aliphatic rings. The maximum absolute atomic E-state index is 13.5. The van der Waals surface area contributed by atoms with Gasteiger partial charge in [0, 0.05) is 24.8 Å². The molecule has 20 heavy (non-hydrogen) atoms. The smallest absolute Gasteiger partial charge is 0.123 e. The molecule has 0 aromatic heterocycles. The summed E-state index contributed by atoms with van der Waals surface area (Å²) in [7, 11) is 0. The highest BCUT2D eigenvalue weighted by Crippen LogP contribution is 2.38. The van der Waals surface area contributed by atoms with Gasteiger partial charge in [0.1, 0.15) is 5.82 Å². The standard InChI is InChI=1S/C17H25FN2/c1-12(19)16-10-15(18)6-7-17(16)20-9-8-13-4-2-3-5-14(13)11-20/h6-7,10,12-14H,2-5,8-9,11,19H2,1H3/t12-,13?,14?/m0/s1. The Morgan fingerprint density at radius 1 is 1.20 bits per heavy atom. The van der Waals surface area contributed by atoms with Gasteiger partial charge in [0.2, 0.25) is 0 Å². The Kier molecular flexibility index (Phi) is 3.97. The molecule has 110 valence electrons. The summed E-state index contributed by atoms with van der Waals surface area (Å²) in [6, 6.07) is 4.96. The van der Waals surface area contributed by atoms with Gasteiger partial charge < -0.3 is 10.6 Å². The third-order valence-corrected chi connectivity index (χ3v) is 5.11. The second-order valence-corrected chi connectivity index (χ2v) is 6.53. The molecule has 1 heterocycles. The molecule has 2 nitrogen and oxygen atoms in total. The van der Waals surface area contributed by atoms with Gasteiger partial charge in [-0.2, -0.15) is 0 Å². The summed E-state index contributed by atoms with van der Waals surface area (Å²) in [4.78, 5) is 2.44. The van der Waals surface area contributed by atoms with Crippen molar-refractivity contribution >= 4 is 5.69 Å². The minimum atomic E-state index is -0.186. The van der Waals surface area contributed by atoms with Gasteiger partial charge in [0.05, 0.1) is 0 Å². The van der Waals surface area contributed by atoms with Crippen LogP contribution in [0.5, 0.6) is 0 Å². The van der Waals surface area contributed by atoms with E-state index in [1.54, 1.807) is 12.1 Å². The van der Waals surface area contributed by atoms with Gasteiger partial charge in [0.25, 0.3) is 0 Å². The largest absolute Gasteiger partial charge is 0.371 e. The van der Waals surface area contributed by atoms with Crippen molar-refractivity contribution in [3.05, 3.63) is 29.6 Å². The number of fused-ring (bicyclic) bond motifs is 1. The lowest BCUT2D eigenvalue weighted by atomic mass is 9.75. The van der Waals surface area contributed by atoms with Crippen LogP contribution in [0, 0.1) is 17.7 Å². The monoisotopic (exact) mass is 276 g/mol. The lowest BCUT2D eigenvalue weighted by Crippen LogP contribution is -2.42. The van der Waals surface area contributed by atoms with E-state index < -0.39 is 0 Å². The molecule has 1 saturated carbocycles. The first kappa shape index (κ1) is 13.9. The summed E-state index contributed by atoms with van der Waals surface area (Å²) in [6.07, 6.45) is 6.82. The van der Waals surface area contributed by atoms with Gasteiger partial charge in [-0.1, -0.05) is 19.3 Å². The number of piperidine rings is 1. The number of rotatable bonds is 2. The van der Waals surface area contributed by atoms with Gasteiger partial charge in [0.15, 0.2) is 0 Å². The van der Waals surface area contributed by atoms with Crippen molar-refractivity contribution in [3.63, 3.8) is 0 Å². The minimum Gasteiger partial charge on any atom is -0.371 e. The Bertz CT molecular complexity index is 472. The molecule has 0 bridgehead atoms. The molecule has 2 N–H and O–H groups in total. The Morgan fingerprint density at radius 2 is 1.95 bits per heavy atom. The number of hydrogen-bond acceptors (Lipinski definition) is 2. The van der Waals surface area contributed by atoms with Crippen molar-refractivity contribution in [1.29, 1.82) is 0 Å². The molecule has 1 aliphatic carbocycles. The number of hydrogen-bond donors (Lipinski definition) is 1. The fourth-order valence-corrected chi connectivity index (χ4v) is 4.00. The van der Waals surface area contributed by atoms with Gasteiger partial charge in [-0.05, 0) is 55.4 Å². The SMILES string of the molecule is C[C@H](N)c1cc(F)ccc1N1CCC2CCCCC2C1. The molecular formula is C17H25FN2. The van der Waals surface area contributed by atoms with Crippen LogP contribution < -0.4 is 10.6 Å². The van der Waals surface area contributed by atoms with Crippen molar-refractivity contribution in [1.82, 2.24) is 0 Å². The van der Waals surface area contributed by atoms with E-state index >= 15 is 0 Å². The van der Waals surface area contributed by atoms with Crippen LogP contribution in [0.15, 0.2) is 18.2 Å². The number of anilines is 1. The highest BCUT2D eigenvalue weighted by molar-refractivity contribution is 5.55. The van der Waals surface area contributed by atoms with Crippen LogP contribution in [0.25, 0.3) is 0 Å². The van der Waals surface area contributed by atoms with Crippen molar-refractivity contribution < 1.29 is 4.39 Å². The van der Waals surface area contributed by atoms with E-state index in [9.17, 15) is 4.39 Å². The molecule has 3 rings (SSSR count). The maximum Gasteiger partial charge on any atom is 0.123 e. The predicted molar refractivity (Wildman–Crippen MR) is 81.3 cm³/mol. The summed E-state index contributed by atoms with van der Waals surface area (Å²) in [5.41, 5.74) is 8.12. The Balaban J connectivity index is 1.82. The zero-order chi connectivity index (χ0) is 14.1. The molecule has 2 unspecified atom stereocenters. The van der Waals surface area contributed by atoms with Crippen molar-refractivity contribution in [2.45, 2.75) is 45.1 Å². The normalized spacial score (nSPS) is 28.1. The first-order chi connectivity index (χ1) is 9.65. The predicted octanol–water partition coefficient (Wildman–Crippen LogP) is 3.86. The summed E-state index contributed by atoms with van der Waals surface area (Å²) >= 11 is 0. The zero-order valence-corrected chi connectivity index (χ0v) is 12.3. The molecule has 2 fully saturated rings. The van der Waals surface area contributed by atoms with Crippen molar-refractivity contribution in [3.8, 4) is 0 Å². The first-order valence-electron chi connectivity index (χ1n) is 7.95. The number of benzene rings is 1. The molecule has 0 amide bonds. The summed E-state index contributed by atoms with van der Waals surface area (Å²) < 4.78 is 13.5. The number of nitrogens with two attached hydrogens (primary N) is 1. The van der Waals surface area contributed by atoms with Crippen LogP contribution in [0.2, 0.25) is 0 Å². The molecule has 0 radical (unpaired) electrons. The quantitative estimate of drug-likeness (QED) is 0.888. The molecule has 1 saturated heterocycles. The average Bonchev–Trinajstić information content (AvgIpc) is 2.46. The highest BCUT2D eigenvalue weighted by atomic mass is 19.1. The molecule has 0 spiro atoms. The lowest BCUT2D eigenvalue weighted by molar-refractivity contribution is 0.202. The van der Waals surface area contributed by atoms with Gasteiger partial charge in [-0.3, -0.25) is 0 Å². The van der Waals surface area contributed by atoms with E-state index in [-0.39, 0.29) is 11.9 Å². The Morgan fingerprint density at radius 3 is 2.70 bits per heavy atom. The molecule has 3 heteroatoms. The second-order valence-electron chi connectivity index (χ2n) is 6.53. The van der Waals surface area contributed by atoms with Crippen molar-refractivity contribution in [2.75, 3.05) is 18.0 Å². The van der Waals surface area contributed by atoms with E-state index in [4.69, 9.17) is 5.73 Å². The van der Waals surface area contributed by atoms with E-state index in [1.165, 1.54) is 32.1 Å². The van der Waals surface area contributed by atoms with Crippen LogP contribution in [0.1, 0.15) is 50.6 Å². The Labute approximate surface area is 121 Å². The third kappa shape index (κ3) is 2.69. The van der Waals surface area contributed by atoms with Crippen LogP contribution in [0.3, 0.4) is 0 Å². The number of nitrogens with zero attached hydrogens (tertiary/aromatic N) is 1. The lowest BCUT2D eigenvalue weighted by Gasteiger charge is -2.43. The average molecular weight is 276 g/mol. The first-order valence-corrected chi connectivity index (χ1v) is 7.95. The minimum absolute atomic E-state index is 0.121. The van der Waals surface area contributed by atoms with Gasteiger partial charge >= 0.3 is 0 Å². The molecule has 3 atom stereocenters. The van der Waals surface area contributed by atoms with Gasteiger partial charge in [-0.15, -0.1) is 0 Å². The fraction of sp³-hybridized carbons (Fsp3) is 0.647. The van der Waals surface area contributed by atoms with Crippen LogP contribution in [-0.2, 0) is 0 Å². The summed E-state index contributed by atoms with van der Waals surface area (Å²) in [5.74, 6) is 1.55. The highest BCUT2D eigenvalue weighted by Gasteiger charge is 2.31. The molecule has 1 aliphatic heterocycles. The van der Waals surface area contributed by atoms with E-state index in [1.807, 2.05) is 13.0 Å². The van der Waals surface area contributed by atoms with E-state index in [0.717, 1.165) is 36.2 Å². The van der Waals surface area contributed by atoms with Crippen LogP contribution >= 0.6 is 0 Å². The van der Waals surface area contributed by atoms with Crippen molar-refractivity contribution in [2.24, 2.45) is 17.6 Å². The zero-order valence-electron chi connectivity index (χ0n) is 12.3. The Hall–Kier alpha value is -1.09. The van der Waals surface area contributed by atoms with E-state index in [2.05, 4.69) is 4.90 Å². The summed E-state index contributed by atoms with van der Waals surface area (Å²) in [5, 5.41) is 0. The van der Waals surface area contributed by atoms with Gasteiger partial charge in [-0.25, -0.2) is 4.39 Å². The van der Waals surface area contributed by atoms with E-state index in [0.29, 0.717) is 0 Å². The topological polar surface area (TPSA) is 29.3 Å². The van der Waals surface area contributed by atoms with Crippen LogP contribution in [-0.4, -0.2) is 13.1 Å². The second kappa shape index (κ2) is 5.72. The third-order valence-electron chi connectivity index (χ3n) is 5.11. The number of halogens is 1. The summed E-state index contributed by atoms with van der Waals surface area (Å²) in [6.45, 7) is 4.15. The maximum atomic E-state index is 13.5. The molecule has 1 aromatic rings.